The maximum Gasteiger partial charge on any atom is 0.253 e. The van der Waals surface area contributed by atoms with Crippen molar-refractivity contribution in [2.45, 2.75) is 31.7 Å². The Morgan fingerprint density at radius 3 is 2.72 bits per heavy atom. The fourth-order valence-corrected chi connectivity index (χ4v) is 3.19. The number of halogens is 1. The minimum absolute atomic E-state index is 0.0540. The molecule has 1 aliphatic rings. The zero-order valence-corrected chi connectivity index (χ0v) is 13.7. The van der Waals surface area contributed by atoms with Crippen LogP contribution in [-0.4, -0.2) is 22.8 Å². The second kappa shape index (κ2) is 7.42. The van der Waals surface area contributed by atoms with E-state index in [1.54, 1.807) is 24.3 Å². The molecule has 0 spiro atoms. The van der Waals surface area contributed by atoms with E-state index < -0.39 is 0 Å². The third-order valence-electron chi connectivity index (χ3n) is 4.56. The van der Waals surface area contributed by atoms with Gasteiger partial charge in [-0.1, -0.05) is 18.6 Å². The van der Waals surface area contributed by atoms with Crippen molar-refractivity contribution in [1.29, 1.82) is 0 Å². The first kappa shape index (κ1) is 17.1. The molecule has 25 heavy (non-hydrogen) atoms. The number of amides is 2. The highest BCUT2D eigenvalue weighted by atomic mass is 19.1. The van der Waals surface area contributed by atoms with Crippen molar-refractivity contribution < 1.29 is 14.0 Å². The van der Waals surface area contributed by atoms with E-state index in [1.165, 1.54) is 18.3 Å². The van der Waals surface area contributed by atoms with Crippen LogP contribution in [0.4, 0.5) is 4.39 Å². The highest BCUT2D eigenvalue weighted by molar-refractivity contribution is 5.94. The van der Waals surface area contributed by atoms with Crippen molar-refractivity contribution in [3.8, 4) is 11.3 Å². The summed E-state index contributed by atoms with van der Waals surface area (Å²) in [6, 6.07) is 9.44. The maximum absolute atomic E-state index is 13.3. The number of aromatic nitrogens is 1. The highest BCUT2D eigenvalue weighted by Gasteiger charge is 2.26. The van der Waals surface area contributed by atoms with Gasteiger partial charge in [-0.2, -0.15) is 0 Å². The summed E-state index contributed by atoms with van der Waals surface area (Å²) in [5.74, 6) is -1.04. The van der Waals surface area contributed by atoms with Gasteiger partial charge in [0.1, 0.15) is 5.82 Å². The van der Waals surface area contributed by atoms with Crippen molar-refractivity contribution >= 4 is 11.8 Å². The van der Waals surface area contributed by atoms with Crippen molar-refractivity contribution in [2.24, 2.45) is 11.7 Å². The molecule has 3 rings (SSSR count). The fourth-order valence-electron chi connectivity index (χ4n) is 3.19. The van der Waals surface area contributed by atoms with Gasteiger partial charge < -0.3 is 11.1 Å². The largest absolute Gasteiger partial charge is 0.369 e. The lowest BCUT2D eigenvalue weighted by molar-refractivity contribution is -0.122. The third kappa shape index (κ3) is 4.21. The third-order valence-corrected chi connectivity index (χ3v) is 4.56. The van der Waals surface area contributed by atoms with Crippen LogP contribution in [0.15, 0.2) is 42.6 Å². The molecule has 1 fully saturated rings. The van der Waals surface area contributed by atoms with Crippen LogP contribution < -0.4 is 11.1 Å². The van der Waals surface area contributed by atoms with E-state index in [0.29, 0.717) is 23.2 Å². The predicted octanol–water partition coefficient (Wildman–Crippen LogP) is 2.66. The predicted molar refractivity (Wildman–Crippen MR) is 92.0 cm³/mol. The molecule has 6 heteroatoms. The van der Waals surface area contributed by atoms with Crippen LogP contribution in [0.5, 0.6) is 0 Å². The van der Waals surface area contributed by atoms with Crippen LogP contribution in [0.3, 0.4) is 0 Å². The summed E-state index contributed by atoms with van der Waals surface area (Å²) in [6.45, 7) is 0. The van der Waals surface area contributed by atoms with Gasteiger partial charge in [-0.25, -0.2) is 4.39 Å². The molecule has 2 amide bonds. The van der Waals surface area contributed by atoms with Gasteiger partial charge in [0.15, 0.2) is 0 Å². The van der Waals surface area contributed by atoms with Crippen LogP contribution in [0.2, 0.25) is 0 Å². The summed E-state index contributed by atoms with van der Waals surface area (Å²) in [4.78, 5) is 27.9. The van der Waals surface area contributed by atoms with E-state index in [0.717, 1.165) is 19.3 Å². The molecule has 2 atom stereocenters. The number of carbonyl (C=O) groups excluding carboxylic acids is 2. The van der Waals surface area contributed by atoms with Gasteiger partial charge in [-0.15, -0.1) is 0 Å². The minimum Gasteiger partial charge on any atom is -0.369 e. The molecule has 3 N–H and O–H groups in total. The lowest BCUT2D eigenvalue weighted by Gasteiger charge is -2.27. The Morgan fingerprint density at radius 2 is 2.04 bits per heavy atom. The summed E-state index contributed by atoms with van der Waals surface area (Å²) < 4.78 is 13.3. The molecule has 1 saturated carbocycles. The number of nitrogens with one attached hydrogen (secondary N) is 1. The van der Waals surface area contributed by atoms with Gasteiger partial charge in [0.05, 0.1) is 11.3 Å². The molecule has 0 radical (unpaired) electrons. The molecule has 1 aromatic carbocycles. The maximum atomic E-state index is 13.3. The zero-order valence-electron chi connectivity index (χ0n) is 13.7. The second-order valence-electron chi connectivity index (χ2n) is 6.38. The van der Waals surface area contributed by atoms with E-state index in [1.807, 2.05) is 0 Å². The molecule has 130 valence electrons. The number of carbonyl (C=O) groups is 2. The van der Waals surface area contributed by atoms with Gasteiger partial charge >= 0.3 is 0 Å². The monoisotopic (exact) mass is 341 g/mol. The van der Waals surface area contributed by atoms with Crippen molar-refractivity contribution in [3.05, 3.63) is 54.0 Å². The van der Waals surface area contributed by atoms with E-state index in [-0.39, 0.29) is 29.6 Å². The normalized spacial score (nSPS) is 20.0. The smallest absolute Gasteiger partial charge is 0.253 e. The number of nitrogens with two attached hydrogens (primary N) is 1. The summed E-state index contributed by atoms with van der Waals surface area (Å²) in [7, 11) is 0. The SMILES string of the molecule is NC(=O)[C@H]1CCCC(NC(=O)c2ccc(-c3cccc(F)c3)nc2)C1. The lowest BCUT2D eigenvalue weighted by Crippen LogP contribution is -2.41. The van der Waals surface area contributed by atoms with E-state index >= 15 is 0 Å². The van der Waals surface area contributed by atoms with Crippen molar-refractivity contribution in [2.75, 3.05) is 0 Å². The number of hydrogen-bond acceptors (Lipinski definition) is 3. The van der Waals surface area contributed by atoms with E-state index in [4.69, 9.17) is 5.73 Å². The summed E-state index contributed by atoms with van der Waals surface area (Å²) >= 11 is 0. The standard InChI is InChI=1S/C19H20FN3O2/c20-15-5-1-3-12(9-15)17-8-7-14(11-22-17)19(25)23-16-6-2-4-13(10-16)18(21)24/h1,3,5,7-9,11,13,16H,2,4,6,10H2,(H2,21,24)(H,23,25)/t13-,16?/m0/s1. The highest BCUT2D eigenvalue weighted by Crippen LogP contribution is 2.24. The van der Waals surface area contributed by atoms with Crippen LogP contribution >= 0.6 is 0 Å². The molecular formula is C19H20FN3O2. The Morgan fingerprint density at radius 1 is 1.20 bits per heavy atom. The summed E-state index contributed by atoms with van der Waals surface area (Å²) in [6.07, 6.45) is 4.55. The first-order chi connectivity index (χ1) is 12.0. The first-order valence-corrected chi connectivity index (χ1v) is 8.35. The van der Waals surface area contributed by atoms with E-state index in [2.05, 4.69) is 10.3 Å². The van der Waals surface area contributed by atoms with Gasteiger partial charge in [0.25, 0.3) is 5.91 Å². The molecule has 0 bridgehead atoms. The Balaban J connectivity index is 1.66. The number of nitrogens with zero attached hydrogens (tertiary/aromatic N) is 1. The Hall–Kier alpha value is -2.76. The van der Waals surface area contributed by atoms with Gasteiger partial charge in [0, 0.05) is 23.7 Å². The fraction of sp³-hybridized carbons (Fsp3) is 0.316. The van der Waals surface area contributed by atoms with E-state index in [9.17, 15) is 14.0 Å². The average Bonchev–Trinajstić information content (AvgIpc) is 2.62. The molecule has 1 unspecified atom stereocenters. The molecule has 1 heterocycles. The van der Waals surface area contributed by atoms with Crippen LogP contribution in [0, 0.1) is 11.7 Å². The van der Waals surface area contributed by atoms with Crippen LogP contribution in [-0.2, 0) is 4.79 Å². The first-order valence-electron chi connectivity index (χ1n) is 8.35. The van der Waals surface area contributed by atoms with Gasteiger partial charge in [-0.05, 0) is 43.5 Å². The number of benzene rings is 1. The lowest BCUT2D eigenvalue weighted by atomic mass is 9.85. The molecule has 2 aromatic rings. The summed E-state index contributed by atoms with van der Waals surface area (Å²) in [5, 5.41) is 2.94. The van der Waals surface area contributed by atoms with Crippen LogP contribution in [0.25, 0.3) is 11.3 Å². The number of primary amides is 1. The quantitative estimate of drug-likeness (QED) is 0.896. The molecule has 1 aliphatic carbocycles. The molecule has 0 aliphatic heterocycles. The van der Waals surface area contributed by atoms with Crippen LogP contribution in [0.1, 0.15) is 36.0 Å². The average molecular weight is 341 g/mol. The molecule has 5 nitrogen and oxygen atoms in total. The molecular weight excluding hydrogens is 321 g/mol. The topological polar surface area (TPSA) is 85.1 Å². The minimum atomic E-state index is -0.331. The zero-order chi connectivity index (χ0) is 17.8. The summed E-state index contributed by atoms with van der Waals surface area (Å²) in [5.41, 5.74) is 7.05. The number of pyridine rings is 1. The van der Waals surface area contributed by atoms with Crippen molar-refractivity contribution in [1.82, 2.24) is 10.3 Å². The van der Waals surface area contributed by atoms with Crippen molar-refractivity contribution in [3.63, 3.8) is 0 Å². The number of hydrogen-bond donors (Lipinski definition) is 2. The molecule has 1 aromatic heterocycles. The van der Waals surface area contributed by atoms with Gasteiger partial charge in [0.2, 0.25) is 5.91 Å². The Labute approximate surface area is 145 Å². The Bertz CT molecular complexity index is 776. The Kier molecular flexibility index (Phi) is 5.07. The van der Waals surface area contributed by atoms with Gasteiger partial charge in [-0.3, -0.25) is 14.6 Å². The molecule has 0 saturated heterocycles. The number of rotatable bonds is 4. The second-order valence-corrected chi connectivity index (χ2v) is 6.38.